The highest BCUT2D eigenvalue weighted by Gasteiger charge is 2.21. The lowest BCUT2D eigenvalue weighted by Gasteiger charge is -2.29. The molecular weight excluding hydrogens is 286 g/mol. The normalized spacial score (nSPS) is 15.3. The molecule has 4 heteroatoms. The van der Waals surface area contributed by atoms with Gasteiger partial charge in [-0.2, -0.15) is 0 Å². The number of nitrogens with zero attached hydrogens (tertiary/aromatic N) is 3. The second-order valence-corrected chi connectivity index (χ2v) is 5.90. The van der Waals surface area contributed by atoms with E-state index in [9.17, 15) is 0 Å². The van der Waals surface area contributed by atoms with Gasteiger partial charge in [0.2, 0.25) is 5.88 Å². The third kappa shape index (κ3) is 3.96. The van der Waals surface area contributed by atoms with E-state index < -0.39 is 0 Å². The number of ether oxygens (including phenoxy) is 1. The van der Waals surface area contributed by atoms with Gasteiger partial charge >= 0.3 is 0 Å². The van der Waals surface area contributed by atoms with E-state index >= 15 is 0 Å². The van der Waals surface area contributed by atoms with Gasteiger partial charge in [-0.3, -0.25) is 4.90 Å². The molecule has 0 aliphatic carbocycles. The Morgan fingerprint density at radius 3 is 2.87 bits per heavy atom. The van der Waals surface area contributed by atoms with E-state index in [0.29, 0.717) is 6.61 Å². The van der Waals surface area contributed by atoms with Gasteiger partial charge in [0.15, 0.2) is 0 Å². The molecule has 0 spiro atoms. The van der Waals surface area contributed by atoms with Crippen LogP contribution in [-0.4, -0.2) is 34.6 Å². The van der Waals surface area contributed by atoms with E-state index in [1.54, 1.807) is 6.33 Å². The molecule has 0 amide bonds. The van der Waals surface area contributed by atoms with Crippen LogP contribution in [0.5, 0.6) is 5.88 Å². The Kier molecular flexibility index (Phi) is 5.03. The molecule has 120 valence electrons. The summed E-state index contributed by atoms with van der Waals surface area (Å²) in [6, 6.07) is 10.5. The fourth-order valence-electron chi connectivity index (χ4n) is 3.00. The van der Waals surface area contributed by atoms with Crippen LogP contribution in [-0.2, 0) is 13.0 Å². The number of rotatable bonds is 5. The van der Waals surface area contributed by atoms with Crippen molar-refractivity contribution >= 4 is 6.08 Å². The van der Waals surface area contributed by atoms with E-state index in [-0.39, 0.29) is 0 Å². The minimum Gasteiger partial charge on any atom is -0.478 e. The van der Waals surface area contributed by atoms with Crippen molar-refractivity contribution in [1.82, 2.24) is 14.9 Å². The quantitative estimate of drug-likeness (QED) is 0.849. The fourth-order valence-corrected chi connectivity index (χ4v) is 3.00. The highest BCUT2D eigenvalue weighted by atomic mass is 16.5. The predicted molar refractivity (Wildman–Crippen MR) is 92.3 cm³/mol. The zero-order valence-electron chi connectivity index (χ0n) is 13.8. The largest absolute Gasteiger partial charge is 0.478 e. The van der Waals surface area contributed by atoms with Crippen molar-refractivity contribution in [3.63, 3.8) is 0 Å². The molecule has 2 heterocycles. The van der Waals surface area contributed by atoms with Crippen LogP contribution < -0.4 is 4.74 Å². The van der Waals surface area contributed by atoms with E-state index in [4.69, 9.17) is 4.74 Å². The molecule has 0 radical (unpaired) electrons. The first-order valence-corrected chi connectivity index (χ1v) is 8.16. The Morgan fingerprint density at radius 2 is 2.09 bits per heavy atom. The summed E-state index contributed by atoms with van der Waals surface area (Å²) in [4.78, 5) is 11.1. The fraction of sp³-hybridized carbons (Fsp3) is 0.368. The van der Waals surface area contributed by atoms with Gasteiger partial charge in [0.05, 0.1) is 12.3 Å². The first-order valence-electron chi connectivity index (χ1n) is 8.16. The number of fused-ring (bicyclic) bond motifs is 1. The zero-order valence-corrected chi connectivity index (χ0v) is 13.8. The summed E-state index contributed by atoms with van der Waals surface area (Å²) >= 11 is 0. The first-order chi connectivity index (χ1) is 11.3. The second kappa shape index (κ2) is 7.38. The molecular formula is C19H23N3O. The summed E-state index contributed by atoms with van der Waals surface area (Å²) < 4.78 is 5.66. The third-order valence-corrected chi connectivity index (χ3v) is 4.01. The summed E-state index contributed by atoms with van der Waals surface area (Å²) in [5, 5.41) is 0. The van der Waals surface area contributed by atoms with Crippen LogP contribution in [0.3, 0.4) is 0 Å². The van der Waals surface area contributed by atoms with Crippen LogP contribution in [0.1, 0.15) is 30.7 Å². The standard InChI is InChI=1S/C19H23N3O/c1-3-23-19-17-13-22(10-9-18(17)20-14-21-19)12-15(2)11-16-7-5-4-6-8-16/h4-8,11,14H,3,9-10,12-13H2,1-2H3/b15-11+. The van der Waals surface area contributed by atoms with Crippen molar-refractivity contribution < 1.29 is 4.74 Å². The molecule has 1 aromatic heterocycles. The van der Waals surface area contributed by atoms with E-state index in [2.05, 4.69) is 52.1 Å². The van der Waals surface area contributed by atoms with Crippen LogP contribution in [0.2, 0.25) is 0 Å². The van der Waals surface area contributed by atoms with Gasteiger partial charge in [-0.05, 0) is 19.4 Å². The molecule has 23 heavy (non-hydrogen) atoms. The number of aromatic nitrogens is 2. The average Bonchev–Trinajstić information content (AvgIpc) is 2.56. The van der Waals surface area contributed by atoms with Crippen molar-refractivity contribution in [1.29, 1.82) is 0 Å². The van der Waals surface area contributed by atoms with Crippen molar-refractivity contribution in [3.05, 3.63) is 59.1 Å². The van der Waals surface area contributed by atoms with Gasteiger partial charge in [0, 0.05) is 31.6 Å². The molecule has 0 bridgehead atoms. The topological polar surface area (TPSA) is 38.3 Å². The summed E-state index contributed by atoms with van der Waals surface area (Å²) in [5.74, 6) is 0.742. The van der Waals surface area contributed by atoms with E-state index in [0.717, 1.165) is 43.2 Å². The molecule has 0 saturated carbocycles. The average molecular weight is 309 g/mol. The highest BCUT2D eigenvalue weighted by Crippen LogP contribution is 2.25. The molecule has 0 unspecified atom stereocenters. The minimum absolute atomic E-state index is 0.635. The van der Waals surface area contributed by atoms with Crippen LogP contribution >= 0.6 is 0 Å². The maximum absolute atomic E-state index is 5.66. The predicted octanol–water partition coefficient (Wildman–Crippen LogP) is 3.34. The van der Waals surface area contributed by atoms with Gasteiger partial charge < -0.3 is 4.74 Å². The van der Waals surface area contributed by atoms with Crippen LogP contribution in [0.15, 0.2) is 42.2 Å². The van der Waals surface area contributed by atoms with Crippen molar-refractivity contribution in [3.8, 4) is 5.88 Å². The number of benzene rings is 1. The molecule has 0 N–H and O–H groups in total. The van der Waals surface area contributed by atoms with Gasteiger partial charge in [-0.25, -0.2) is 9.97 Å². The smallest absolute Gasteiger partial charge is 0.221 e. The zero-order chi connectivity index (χ0) is 16.1. The first kappa shape index (κ1) is 15.7. The molecule has 0 fully saturated rings. The molecule has 1 aromatic carbocycles. The Labute approximate surface area is 137 Å². The van der Waals surface area contributed by atoms with Gasteiger partial charge in [-0.1, -0.05) is 42.0 Å². The van der Waals surface area contributed by atoms with Gasteiger partial charge in [0.25, 0.3) is 0 Å². The lowest BCUT2D eigenvalue weighted by Crippen LogP contribution is -2.33. The van der Waals surface area contributed by atoms with Gasteiger partial charge in [0.1, 0.15) is 6.33 Å². The van der Waals surface area contributed by atoms with Crippen molar-refractivity contribution in [2.24, 2.45) is 0 Å². The second-order valence-electron chi connectivity index (χ2n) is 5.90. The molecule has 1 aliphatic heterocycles. The number of hydrogen-bond acceptors (Lipinski definition) is 4. The Bertz CT molecular complexity index is 682. The highest BCUT2D eigenvalue weighted by molar-refractivity contribution is 5.52. The van der Waals surface area contributed by atoms with Crippen molar-refractivity contribution in [2.45, 2.75) is 26.8 Å². The number of hydrogen-bond donors (Lipinski definition) is 0. The lowest BCUT2D eigenvalue weighted by atomic mass is 10.1. The van der Waals surface area contributed by atoms with Crippen molar-refractivity contribution in [2.75, 3.05) is 19.7 Å². The van der Waals surface area contributed by atoms with Crippen LogP contribution in [0.4, 0.5) is 0 Å². The maximum Gasteiger partial charge on any atom is 0.221 e. The summed E-state index contributed by atoms with van der Waals surface area (Å²) in [6.45, 7) is 7.64. The maximum atomic E-state index is 5.66. The van der Waals surface area contributed by atoms with E-state index in [1.807, 2.05) is 13.0 Å². The Balaban J connectivity index is 1.71. The van der Waals surface area contributed by atoms with E-state index in [1.165, 1.54) is 11.1 Å². The third-order valence-electron chi connectivity index (χ3n) is 4.01. The Hall–Kier alpha value is -2.20. The van der Waals surface area contributed by atoms with Gasteiger partial charge in [-0.15, -0.1) is 0 Å². The molecule has 2 aromatic rings. The summed E-state index contributed by atoms with van der Waals surface area (Å²) in [5.41, 5.74) is 4.88. The minimum atomic E-state index is 0.635. The molecule has 3 rings (SSSR count). The molecule has 4 nitrogen and oxygen atoms in total. The SMILES string of the molecule is CCOc1ncnc2c1CN(C/C(C)=C/c1ccccc1)CC2. The monoisotopic (exact) mass is 309 g/mol. The summed E-state index contributed by atoms with van der Waals surface area (Å²) in [7, 11) is 0. The molecule has 1 aliphatic rings. The lowest BCUT2D eigenvalue weighted by molar-refractivity contribution is 0.256. The summed E-state index contributed by atoms with van der Waals surface area (Å²) in [6.07, 6.45) is 4.82. The van der Waals surface area contributed by atoms with Crippen LogP contribution in [0, 0.1) is 0 Å². The molecule has 0 atom stereocenters. The Morgan fingerprint density at radius 1 is 1.26 bits per heavy atom. The van der Waals surface area contributed by atoms with Crippen LogP contribution in [0.25, 0.3) is 6.08 Å². The molecule has 0 saturated heterocycles.